The van der Waals surface area contributed by atoms with Crippen LogP contribution in [0.4, 0.5) is 5.69 Å². The van der Waals surface area contributed by atoms with E-state index in [9.17, 15) is 29.7 Å². The Kier molecular flexibility index (Phi) is 10.1. The third-order valence-corrected chi connectivity index (χ3v) is 8.78. The Morgan fingerprint density at radius 2 is 1.84 bits per heavy atom. The van der Waals surface area contributed by atoms with Gasteiger partial charge in [-0.1, -0.05) is 22.7 Å². The van der Waals surface area contributed by atoms with Gasteiger partial charge in [0.15, 0.2) is 29.2 Å². The number of anilines is 1. The summed E-state index contributed by atoms with van der Waals surface area (Å²) in [5, 5.41) is 34.7. The fraction of sp³-hybridized carbons (Fsp3) is 0.343. The second-order valence-corrected chi connectivity index (χ2v) is 12.8. The maximum absolute atomic E-state index is 13.1. The normalized spacial score (nSPS) is 20.1. The van der Waals surface area contributed by atoms with Crippen LogP contribution in [-0.4, -0.2) is 69.5 Å². The third-order valence-electron chi connectivity index (χ3n) is 8.42. The van der Waals surface area contributed by atoms with Gasteiger partial charge in [0.05, 0.1) is 11.0 Å². The van der Waals surface area contributed by atoms with E-state index in [4.69, 9.17) is 35.0 Å². The first-order valence-electron chi connectivity index (χ1n) is 15.3. The molecule has 0 aliphatic carbocycles. The van der Waals surface area contributed by atoms with Crippen LogP contribution in [-0.2, 0) is 20.6 Å². The average molecular weight is 697 g/mol. The second-order valence-electron chi connectivity index (χ2n) is 12.4. The van der Waals surface area contributed by atoms with Crippen LogP contribution in [0.3, 0.4) is 0 Å². The molecule has 5 N–H and O–H groups in total. The average Bonchev–Trinajstić information content (AvgIpc) is 3.59. The van der Waals surface area contributed by atoms with Crippen LogP contribution in [0, 0.1) is 0 Å². The molecule has 1 aliphatic rings. The van der Waals surface area contributed by atoms with Gasteiger partial charge in [-0.15, -0.1) is 0 Å². The molecule has 49 heavy (non-hydrogen) atoms. The van der Waals surface area contributed by atoms with Crippen LogP contribution in [0.2, 0.25) is 5.02 Å². The lowest BCUT2D eigenvalue weighted by atomic mass is 9.89. The molecule has 260 valence electrons. The molecule has 13 nitrogen and oxygen atoms in total. The van der Waals surface area contributed by atoms with E-state index in [1.54, 1.807) is 26.1 Å². The number of ether oxygens (including phenoxy) is 4. The Labute approximate surface area is 286 Å². The fourth-order valence-corrected chi connectivity index (χ4v) is 5.74. The smallest absolute Gasteiger partial charge is 0.364 e. The maximum Gasteiger partial charge on any atom is 0.364 e. The molecule has 4 aromatic rings. The molecule has 0 saturated carbocycles. The summed E-state index contributed by atoms with van der Waals surface area (Å²) in [6, 6.07) is 10.1. The number of fused-ring (bicyclic) bond motifs is 1. The first-order valence-corrected chi connectivity index (χ1v) is 15.6. The molecule has 1 amide bonds. The van der Waals surface area contributed by atoms with Crippen molar-refractivity contribution in [2.24, 2.45) is 0 Å². The van der Waals surface area contributed by atoms with Crippen molar-refractivity contribution in [2.75, 3.05) is 12.4 Å². The van der Waals surface area contributed by atoms with Crippen molar-refractivity contribution < 1.29 is 48.3 Å². The van der Waals surface area contributed by atoms with Gasteiger partial charge >= 0.3 is 11.6 Å². The van der Waals surface area contributed by atoms with Gasteiger partial charge in [-0.05, 0) is 89.1 Å². The highest BCUT2D eigenvalue weighted by atomic mass is 35.5. The van der Waals surface area contributed by atoms with Crippen molar-refractivity contribution >= 4 is 40.1 Å². The van der Waals surface area contributed by atoms with E-state index in [1.165, 1.54) is 43.5 Å². The van der Waals surface area contributed by atoms with E-state index in [0.29, 0.717) is 12.0 Å². The molecule has 3 heterocycles. The minimum absolute atomic E-state index is 0.0132. The van der Waals surface area contributed by atoms with Gasteiger partial charge in [-0.25, -0.2) is 9.59 Å². The van der Waals surface area contributed by atoms with Crippen LogP contribution in [0.15, 0.2) is 69.0 Å². The third kappa shape index (κ3) is 7.15. The number of allylic oxidation sites excluding steroid dienone is 2. The molecule has 0 radical (unpaired) electrons. The number of rotatable bonds is 9. The highest BCUT2D eigenvalue weighted by Gasteiger charge is 2.53. The number of aromatic hydroxyl groups is 2. The molecule has 1 aliphatic heterocycles. The fourth-order valence-electron chi connectivity index (χ4n) is 5.50. The highest BCUT2D eigenvalue weighted by molar-refractivity contribution is 6.36. The lowest BCUT2D eigenvalue weighted by Gasteiger charge is -2.47. The van der Waals surface area contributed by atoms with Crippen molar-refractivity contribution in [2.45, 2.75) is 71.2 Å². The zero-order chi connectivity index (χ0) is 35.8. The van der Waals surface area contributed by atoms with E-state index >= 15 is 0 Å². The molecule has 4 atom stereocenters. The van der Waals surface area contributed by atoms with Crippen molar-refractivity contribution in [1.29, 1.82) is 0 Å². The number of benzene rings is 2. The van der Waals surface area contributed by atoms with Gasteiger partial charge in [-0.3, -0.25) is 4.79 Å². The van der Waals surface area contributed by atoms with Gasteiger partial charge in [0, 0.05) is 18.9 Å². The topological polar surface area (TPSA) is 190 Å². The van der Waals surface area contributed by atoms with Crippen LogP contribution < -0.4 is 15.7 Å². The number of hydrogen-bond acceptors (Lipinski definition) is 11. The van der Waals surface area contributed by atoms with Gasteiger partial charge in [0.1, 0.15) is 28.3 Å². The molecule has 2 aromatic carbocycles. The number of phenols is 1. The number of aromatic amines is 1. The molecule has 0 bridgehead atoms. The van der Waals surface area contributed by atoms with Crippen LogP contribution in [0.1, 0.15) is 61.0 Å². The largest absolute Gasteiger partial charge is 0.508 e. The predicted molar refractivity (Wildman–Crippen MR) is 179 cm³/mol. The molecule has 0 spiro atoms. The molecular weight excluding hydrogens is 660 g/mol. The number of amides is 1. The Morgan fingerprint density at radius 1 is 1.10 bits per heavy atom. The minimum atomic E-state index is -1.56. The lowest BCUT2D eigenvalue weighted by molar-refractivity contribution is -0.305. The quantitative estimate of drug-likeness (QED) is 0.0850. The van der Waals surface area contributed by atoms with Gasteiger partial charge in [0.2, 0.25) is 6.29 Å². The number of hydrogen-bond donors (Lipinski definition) is 5. The summed E-state index contributed by atoms with van der Waals surface area (Å²) >= 11 is 6.58. The van der Waals surface area contributed by atoms with Gasteiger partial charge in [0.25, 0.3) is 5.91 Å². The number of phenolic OH excluding ortho intramolecular Hbond substituents is 1. The molecule has 1 saturated heterocycles. The SMILES string of the molecule is CO[C@H]1[C@@H](OC(=O)c2ccc[nH]2)[C@@H](O)C(Oc2ccc3c(O)c(NC(=O)c4ccc(O)c(CC(C)=C(C)C)c4)c(=O)oc3c2Cl)OC1(C)C. The Morgan fingerprint density at radius 3 is 2.49 bits per heavy atom. The molecule has 2 aromatic heterocycles. The highest BCUT2D eigenvalue weighted by Crippen LogP contribution is 2.41. The van der Waals surface area contributed by atoms with Gasteiger partial charge < -0.3 is 49.0 Å². The van der Waals surface area contributed by atoms with E-state index in [-0.39, 0.29) is 38.7 Å². The van der Waals surface area contributed by atoms with Crippen molar-refractivity contribution in [3.05, 3.63) is 92.1 Å². The van der Waals surface area contributed by atoms with Crippen LogP contribution in [0.5, 0.6) is 17.2 Å². The number of halogens is 1. The summed E-state index contributed by atoms with van der Waals surface area (Å²) in [7, 11) is 1.39. The molecule has 5 rings (SSSR count). The van der Waals surface area contributed by atoms with E-state index in [0.717, 1.165) is 11.1 Å². The summed E-state index contributed by atoms with van der Waals surface area (Å²) in [6.07, 6.45) is -3.17. The van der Waals surface area contributed by atoms with Gasteiger partial charge in [-0.2, -0.15) is 0 Å². The number of carbonyl (C=O) groups excluding carboxylic acids is 2. The molecule has 14 heteroatoms. The van der Waals surface area contributed by atoms with Crippen LogP contribution in [0.25, 0.3) is 11.0 Å². The summed E-state index contributed by atoms with van der Waals surface area (Å²) < 4.78 is 28.5. The van der Waals surface area contributed by atoms with E-state index in [1.807, 2.05) is 20.8 Å². The molecule has 1 unspecified atom stereocenters. The van der Waals surface area contributed by atoms with Crippen molar-refractivity contribution in [3.8, 4) is 17.2 Å². The number of esters is 1. The predicted octanol–water partition coefficient (Wildman–Crippen LogP) is 5.45. The number of methoxy groups -OCH3 is 1. The summed E-state index contributed by atoms with van der Waals surface area (Å²) in [5.41, 5.74) is -0.132. The van der Waals surface area contributed by atoms with E-state index in [2.05, 4.69) is 10.3 Å². The molecule has 1 fully saturated rings. The maximum atomic E-state index is 13.1. The number of aliphatic hydroxyl groups is 1. The zero-order valence-corrected chi connectivity index (χ0v) is 28.4. The summed E-state index contributed by atoms with van der Waals surface area (Å²) in [4.78, 5) is 41.7. The standard InChI is InChI=1S/C35H37ClN2O11/c1-16(2)17(3)14-19-15-18(9-11-22(19)39)31(42)38-25-26(40)20-10-12-23(24(36)28(20)47-33(25)44)46-34-27(41)29(30(45-6)35(4,5)49-34)48-32(43)21-8-7-13-37-21/h7-13,15,27,29-30,34,37,39-41H,14H2,1-6H3,(H,38,42)/t27-,29+,30+,34?/m1/s1. The zero-order valence-electron chi connectivity index (χ0n) is 27.6. The Balaban J connectivity index is 1.41. The number of aromatic nitrogens is 1. The first kappa shape index (κ1) is 35.5. The number of nitrogens with one attached hydrogen (secondary N) is 2. The minimum Gasteiger partial charge on any atom is -0.508 e. The second kappa shape index (κ2) is 14.0. The van der Waals surface area contributed by atoms with Crippen molar-refractivity contribution in [3.63, 3.8) is 0 Å². The summed E-state index contributed by atoms with van der Waals surface area (Å²) in [5.74, 6) is -2.15. The lowest BCUT2D eigenvalue weighted by Crippen LogP contribution is -2.65. The van der Waals surface area contributed by atoms with E-state index < -0.39 is 59.1 Å². The molecular formula is C35H37ClN2O11. The number of H-pyrrole nitrogens is 1. The Bertz CT molecular complexity index is 1980. The Hall–Kier alpha value is -4.82. The first-order chi connectivity index (χ1) is 23.1. The monoisotopic (exact) mass is 696 g/mol. The van der Waals surface area contributed by atoms with Crippen LogP contribution >= 0.6 is 11.6 Å². The summed E-state index contributed by atoms with van der Waals surface area (Å²) in [6.45, 7) is 9.13. The number of carbonyl (C=O) groups is 2. The number of aliphatic hydroxyl groups excluding tert-OH is 1. The van der Waals surface area contributed by atoms with Crippen molar-refractivity contribution in [1.82, 2.24) is 4.98 Å².